The molecule has 2 rings (SSSR count). The van der Waals surface area contributed by atoms with Gasteiger partial charge in [-0.15, -0.1) is 0 Å². The third-order valence-corrected chi connectivity index (χ3v) is 4.13. The van der Waals surface area contributed by atoms with Crippen LogP contribution in [0.1, 0.15) is 51.5 Å². The molecule has 2 amide bonds. The summed E-state index contributed by atoms with van der Waals surface area (Å²) in [4.78, 5) is 18.0. The van der Waals surface area contributed by atoms with Crippen LogP contribution in [0, 0.1) is 5.92 Å². The number of nitrogens with zero attached hydrogens (tertiary/aromatic N) is 2. The van der Waals surface area contributed by atoms with Gasteiger partial charge in [-0.3, -0.25) is 4.98 Å². The Morgan fingerprint density at radius 3 is 2.57 bits per heavy atom. The lowest BCUT2D eigenvalue weighted by atomic mass is 9.93. The predicted octanol–water partition coefficient (Wildman–Crippen LogP) is 3.41. The van der Waals surface area contributed by atoms with Gasteiger partial charge in [-0.25, -0.2) is 4.79 Å². The summed E-state index contributed by atoms with van der Waals surface area (Å²) in [6.07, 6.45) is 7.10. The summed E-state index contributed by atoms with van der Waals surface area (Å²) < 4.78 is 0. The second-order valence-electron chi connectivity index (χ2n) is 6.56. The second-order valence-corrected chi connectivity index (χ2v) is 6.56. The van der Waals surface area contributed by atoms with Crippen molar-refractivity contribution >= 4 is 6.03 Å². The lowest BCUT2D eigenvalue weighted by Gasteiger charge is -2.40. The fourth-order valence-corrected chi connectivity index (χ4v) is 2.70. The highest BCUT2D eigenvalue weighted by Gasteiger charge is 2.31. The predicted molar refractivity (Wildman–Crippen MR) is 85.2 cm³/mol. The summed E-state index contributed by atoms with van der Waals surface area (Å²) in [6.45, 7) is 8.20. The van der Waals surface area contributed by atoms with Gasteiger partial charge in [-0.1, -0.05) is 26.7 Å². The molecule has 1 N–H and O–H groups in total. The van der Waals surface area contributed by atoms with Crippen LogP contribution in [-0.2, 0) is 0 Å². The molecule has 1 atom stereocenters. The van der Waals surface area contributed by atoms with Crippen molar-refractivity contribution in [3.63, 3.8) is 0 Å². The average Bonchev–Trinajstić information content (AvgIpc) is 2.37. The molecule has 1 saturated heterocycles. The molecule has 4 heteroatoms. The number of likely N-dealkylation sites (tertiary alicyclic amines) is 1. The molecular formula is C17H27N3O. The topological polar surface area (TPSA) is 45.2 Å². The van der Waals surface area contributed by atoms with Gasteiger partial charge in [0.25, 0.3) is 0 Å². The van der Waals surface area contributed by atoms with Crippen molar-refractivity contribution in [1.82, 2.24) is 15.2 Å². The van der Waals surface area contributed by atoms with Crippen molar-refractivity contribution in [2.45, 2.75) is 52.0 Å². The number of aromatic nitrogens is 1. The molecule has 0 spiro atoms. The molecule has 0 aromatic carbocycles. The highest BCUT2D eigenvalue weighted by atomic mass is 16.2. The van der Waals surface area contributed by atoms with Crippen LogP contribution < -0.4 is 5.32 Å². The van der Waals surface area contributed by atoms with Crippen LogP contribution in [-0.4, -0.2) is 35.0 Å². The molecule has 0 aliphatic carbocycles. The summed E-state index contributed by atoms with van der Waals surface area (Å²) in [6, 6.07) is 4.41. The monoisotopic (exact) mass is 289 g/mol. The SMILES string of the molecule is CC(C)CCC[C@H](C)NC(=O)N1CC(c2ccncc2)C1. The largest absolute Gasteiger partial charge is 0.336 e. The lowest BCUT2D eigenvalue weighted by molar-refractivity contribution is 0.148. The van der Waals surface area contributed by atoms with Crippen LogP contribution in [0.25, 0.3) is 0 Å². The van der Waals surface area contributed by atoms with E-state index in [-0.39, 0.29) is 12.1 Å². The molecule has 0 saturated carbocycles. The molecule has 1 aromatic heterocycles. The highest BCUT2D eigenvalue weighted by Crippen LogP contribution is 2.26. The Balaban J connectivity index is 1.67. The minimum absolute atomic E-state index is 0.0809. The van der Waals surface area contributed by atoms with E-state index in [0.29, 0.717) is 5.92 Å². The maximum Gasteiger partial charge on any atom is 0.317 e. The summed E-state index contributed by atoms with van der Waals surface area (Å²) in [5, 5.41) is 3.10. The molecule has 0 radical (unpaired) electrons. The Bertz CT molecular complexity index is 441. The zero-order valence-electron chi connectivity index (χ0n) is 13.4. The molecule has 4 nitrogen and oxygen atoms in total. The van der Waals surface area contributed by atoms with Crippen molar-refractivity contribution in [3.8, 4) is 0 Å². The standard InChI is InChI=1S/C17H27N3O/c1-13(2)5-4-6-14(3)19-17(21)20-11-16(12-20)15-7-9-18-10-8-15/h7-10,13-14,16H,4-6,11-12H2,1-3H3,(H,19,21)/t14-/m0/s1. The second kappa shape index (κ2) is 7.43. The van der Waals surface area contributed by atoms with Gasteiger partial charge in [-0.2, -0.15) is 0 Å². The van der Waals surface area contributed by atoms with Crippen molar-refractivity contribution in [1.29, 1.82) is 0 Å². The summed E-state index contributed by atoms with van der Waals surface area (Å²) in [5.41, 5.74) is 1.28. The Morgan fingerprint density at radius 2 is 1.95 bits per heavy atom. The first-order valence-electron chi connectivity index (χ1n) is 8.01. The van der Waals surface area contributed by atoms with E-state index in [1.807, 2.05) is 29.4 Å². The van der Waals surface area contributed by atoms with E-state index in [1.54, 1.807) is 0 Å². The van der Waals surface area contributed by atoms with Gasteiger partial charge < -0.3 is 10.2 Å². The van der Waals surface area contributed by atoms with Crippen molar-refractivity contribution in [3.05, 3.63) is 30.1 Å². The smallest absolute Gasteiger partial charge is 0.317 e. The molecule has 2 heterocycles. The molecule has 116 valence electrons. The number of amides is 2. The minimum Gasteiger partial charge on any atom is -0.336 e. The van der Waals surface area contributed by atoms with E-state index in [1.165, 1.54) is 18.4 Å². The van der Waals surface area contributed by atoms with Gasteiger partial charge in [0.2, 0.25) is 0 Å². The van der Waals surface area contributed by atoms with Crippen LogP contribution >= 0.6 is 0 Å². The van der Waals surface area contributed by atoms with Crippen molar-refractivity contribution in [2.75, 3.05) is 13.1 Å². The number of urea groups is 1. The maximum absolute atomic E-state index is 12.1. The van der Waals surface area contributed by atoms with Crippen LogP contribution in [0.4, 0.5) is 4.79 Å². The molecule has 1 fully saturated rings. The van der Waals surface area contributed by atoms with Crippen LogP contribution in [0.15, 0.2) is 24.5 Å². The van der Waals surface area contributed by atoms with E-state index in [2.05, 4.69) is 31.1 Å². The first-order chi connectivity index (χ1) is 10.1. The van der Waals surface area contributed by atoms with Gasteiger partial charge in [-0.05, 0) is 37.0 Å². The van der Waals surface area contributed by atoms with Crippen LogP contribution in [0.3, 0.4) is 0 Å². The van der Waals surface area contributed by atoms with Crippen molar-refractivity contribution in [2.24, 2.45) is 5.92 Å². The van der Waals surface area contributed by atoms with E-state index >= 15 is 0 Å². The summed E-state index contributed by atoms with van der Waals surface area (Å²) >= 11 is 0. The van der Waals surface area contributed by atoms with Crippen LogP contribution in [0.2, 0.25) is 0 Å². The number of hydrogen-bond donors (Lipinski definition) is 1. The molecule has 0 unspecified atom stereocenters. The maximum atomic E-state index is 12.1. The normalized spacial score (nSPS) is 16.7. The molecular weight excluding hydrogens is 262 g/mol. The fraction of sp³-hybridized carbons (Fsp3) is 0.647. The van der Waals surface area contributed by atoms with Crippen LogP contribution in [0.5, 0.6) is 0 Å². The number of pyridine rings is 1. The third-order valence-electron chi connectivity index (χ3n) is 4.13. The Labute approximate surface area is 127 Å². The minimum atomic E-state index is 0.0809. The number of rotatable bonds is 6. The average molecular weight is 289 g/mol. The first-order valence-corrected chi connectivity index (χ1v) is 8.01. The highest BCUT2D eigenvalue weighted by molar-refractivity contribution is 5.75. The molecule has 0 bridgehead atoms. The number of nitrogens with one attached hydrogen (secondary N) is 1. The number of carbonyl (C=O) groups excluding carboxylic acids is 1. The van der Waals surface area contributed by atoms with Gasteiger partial charge in [0.05, 0.1) is 0 Å². The molecule has 1 aliphatic heterocycles. The Kier molecular flexibility index (Phi) is 5.59. The van der Waals surface area contributed by atoms with Gasteiger partial charge in [0.1, 0.15) is 0 Å². The summed E-state index contributed by atoms with van der Waals surface area (Å²) in [5.74, 6) is 1.21. The van der Waals surface area contributed by atoms with Gasteiger partial charge in [0, 0.05) is 37.4 Å². The van der Waals surface area contributed by atoms with E-state index in [4.69, 9.17) is 0 Å². The molecule has 1 aliphatic rings. The summed E-state index contributed by atoms with van der Waals surface area (Å²) in [7, 11) is 0. The van der Waals surface area contributed by atoms with E-state index < -0.39 is 0 Å². The third kappa shape index (κ3) is 4.73. The van der Waals surface area contributed by atoms with E-state index in [0.717, 1.165) is 25.4 Å². The quantitative estimate of drug-likeness (QED) is 0.872. The van der Waals surface area contributed by atoms with Crippen molar-refractivity contribution < 1.29 is 4.79 Å². The zero-order valence-corrected chi connectivity index (χ0v) is 13.4. The Morgan fingerprint density at radius 1 is 1.29 bits per heavy atom. The fourth-order valence-electron chi connectivity index (χ4n) is 2.70. The lowest BCUT2D eigenvalue weighted by Crippen LogP contribution is -2.54. The van der Waals surface area contributed by atoms with Gasteiger partial charge >= 0.3 is 6.03 Å². The van der Waals surface area contributed by atoms with Gasteiger partial charge in [0.15, 0.2) is 0 Å². The zero-order chi connectivity index (χ0) is 15.2. The number of carbonyl (C=O) groups is 1. The number of hydrogen-bond acceptors (Lipinski definition) is 2. The molecule has 1 aromatic rings. The van der Waals surface area contributed by atoms with E-state index in [9.17, 15) is 4.79 Å². The molecule has 21 heavy (non-hydrogen) atoms. The first kappa shape index (κ1) is 15.8. The Hall–Kier alpha value is -1.58.